The fourth-order valence-electron chi connectivity index (χ4n) is 2.21. The maximum atomic E-state index is 12.5. The largest absolute Gasteiger partial charge is 0.467 e. The van der Waals surface area contributed by atoms with Gasteiger partial charge in [-0.25, -0.2) is 4.79 Å². The number of hydrogen-bond donors (Lipinski definition) is 0. The van der Waals surface area contributed by atoms with Crippen LogP contribution in [0.4, 0.5) is 0 Å². The second-order valence-corrected chi connectivity index (χ2v) is 6.07. The van der Waals surface area contributed by atoms with Crippen molar-refractivity contribution in [2.45, 2.75) is 18.9 Å². The van der Waals surface area contributed by atoms with Crippen LogP contribution in [0.15, 0.2) is 27.1 Å². The van der Waals surface area contributed by atoms with E-state index in [2.05, 4.69) is 31.9 Å². The zero-order valence-electron chi connectivity index (χ0n) is 10.4. The van der Waals surface area contributed by atoms with Crippen molar-refractivity contribution < 1.29 is 14.3 Å². The third-order valence-corrected chi connectivity index (χ3v) is 4.30. The molecule has 1 amide bonds. The number of ether oxygens (including phenoxy) is 1. The zero-order valence-corrected chi connectivity index (χ0v) is 13.5. The van der Waals surface area contributed by atoms with Crippen LogP contribution in [0, 0.1) is 0 Å². The van der Waals surface area contributed by atoms with Crippen LogP contribution >= 0.6 is 31.9 Å². The molecule has 102 valence electrons. The summed E-state index contributed by atoms with van der Waals surface area (Å²) in [5.41, 5.74) is 0.555. The minimum atomic E-state index is -0.465. The highest BCUT2D eigenvalue weighted by Crippen LogP contribution is 2.27. The maximum Gasteiger partial charge on any atom is 0.328 e. The van der Waals surface area contributed by atoms with Gasteiger partial charge < -0.3 is 9.64 Å². The zero-order chi connectivity index (χ0) is 14.0. The molecule has 6 heteroatoms. The summed E-state index contributed by atoms with van der Waals surface area (Å²) in [6, 6.07) is 4.90. The van der Waals surface area contributed by atoms with Crippen molar-refractivity contribution in [1.29, 1.82) is 0 Å². The lowest BCUT2D eigenvalue weighted by Gasteiger charge is -2.23. The molecule has 0 saturated carbocycles. The fourth-order valence-corrected chi connectivity index (χ4v) is 3.43. The van der Waals surface area contributed by atoms with Crippen molar-refractivity contribution >= 4 is 43.7 Å². The van der Waals surface area contributed by atoms with Gasteiger partial charge in [0.05, 0.1) is 12.7 Å². The van der Waals surface area contributed by atoms with Gasteiger partial charge >= 0.3 is 5.97 Å². The topological polar surface area (TPSA) is 46.6 Å². The predicted octanol–water partition coefficient (Wildman–Crippen LogP) is 2.99. The number of carbonyl (C=O) groups excluding carboxylic acids is 2. The minimum Gasteiger partial charge on any atom is -0.467 e. The van der Waals surface area contributed by atoms with E-state index in [0.717, 1.165) is 10.9 Å². The quantitative estimate of drug-likeness (QED) is 0.729. The average molecular weight is 391 g/mol. The van der Waals surface area contributed by atoms with Gasteiger partial charge in [-0.15, -0.1) is 0 Å². The van der Waals surface area contributed by atoms with Crippen LogP contribution in [0.1, 0.15) is 23.2 Å². The number of carbonyl (C=O) groups is 2. The van der Waals surface area contributed by atoms with Crippen LogP contribution < -0.4 is 0 Å². The van der Waals surface area contributed by atoms with Crippen molar-refractivity contribution in [3.8, 4) is 0 Å². The van der Waals surface area contributed by atoms with Crippen molar-refractivity contribution in [2.75, 3.05) is 13.7 Å². The summed E-state index contributed by atoms with van der Waals surface area (Å²) in [6.45, 7) is 0.584. The van der Waals surface area contributed by atoms with Gasteiger partial charge in [0, 0.05) is 15.5 Å². The molecule has 0 N–H and O–H groups in total. The number of halogens is 2. The normalized spacial score (nSPS) is 18.5. The molecule has 1 unspecified atom stereocenters. The SMILES string of the molecule is COC(=O)C1CCCN1C(=O)c1ccc(Br)cc1Br. The highest BCUT2D eigenvalue weighted by atomic mass is 79.9. The molecule has 0 radical (unpaired) electrons. The summed E-state index contributed by atoms with van der Waals surface area (Å²) < 4.78 is 6.35. The van der Waals surface area contributed by atoms with Crippen LogP contribution in [0.25, 0.3) is 0 Å². The Kier molecular flexibility index (Phi) is 4.62. The molecule has 1 heterocycles. The van der Waals surface area contributed by atoms with E-state index in [4.69, 9.17) is 4.74 Å². The van der Waals surface area contributed by atoms with Crippen molar-refractivity contribution in [1.82, 2.24) is 4.90 Å². The molecule has 1 fully saturated rings. The van der Waals surface area contributed by atoms with Gasteiger partial charge in [0.25, 0.3) is 5.91 Å². The number of nitrogens with zero attached hydrogens (tertiary/aromatic N) is 1. The number of hydrogen-bond acceptors (Lipinski definition) is 3. The molecule has 1 aliphatic rings. The standard InChI is InChI=1S/C13H13Br2NO3/c1-19-13(18)11-3-2-6-16(11)12(17)9-5-4-8(14)7-10(9)15/h4-5,7,11H,2-3,6H2,1H3. The fraction of sp³-hybridized carbons (Fsp3) is 0.385. The van der Waals surface area contributed by atoms with Crippen molar-refractivity contribution in [2.24, 2.45) is 0 Å². The number of likely N-dealkylation sites (tertiary alicyclic amines) is 1. The summed E-state index contributed by atoms with van der Waals surface area (Å²) in [6.07, 6.45) is 1.48. The second-order valence-electron chi connectivity index (χ2n) is 4.30. The first-order valence-electron chi connectivity index (χ1n) is 5.88. The van der Waals surface area contributed by atoms with Gasteiger partial charge in [-0.05, 0) is 47.0 Å². The van der Waals surface area contributed by atoms with E-state index in [9.17, 15) is 9.59 Å². The molecule has 1 aromatic carbocycles. The average Bonchev–Trinajstić information content (AvgIpc) is 2.86. The number of methoxy groups -OCH3 is 1. The number of benzene rings is 1. The molecular weight excluding hydrogens is 378 g/mol. The van der Waals surface area contributed by atoms with Crippen LogP contribution in [-0.2, 0) is 9.53 Å². The Labute approximate surface area is 128 Å². The third-order valence-electron chi connectivity index (χ3n) is 3.15. The highest BCUT2D eigenvalue weighted by Gasteiger charge is 2.35. The van der Waals surface area contributed by atoms with E-state index in [1.54, 1.807) is 17.0 Å². The number of amides is 1. The molecule has 1 aliphatic heterocycles. The van der Waals surface area contributed by atoms with Gasteiger partial charge in [-0.2, -0.15) is 0 Å². The van der Waals surface area contributed by atoms with E-state index < -0.39 is 6.04 Å². The van der Waals surface area contributed by atoms with Gasteiger partial charge in [-0.3, -0.25) is 4.79 Å². The molecule has 0 bridgehead atoms. The molecule has 19 heavy (non-hydrogen) atoms. The molecule has 0 aliphatic carbocycles. The lowest BCUT2D eigenvalue weighted by atomic mass is 10.1. The van der Waals surface area contributed by atoms with Crippen LogP contribution in [0.2, 0.25) is 0 Å². The first-order chi connectivity index (χ1) is 9.04. The van der Waals surface area contributed by atoms with Crippen molar-refractivity contribution in [3.63, 3.8) is 0 Å². The third kappa shape index (κ3) is 3.00. The highest BCUT2D eigenvalue weighted by molar-refractivity contribution is 9.11. The molecule has 4 nitrogen and oxygen atoms in total. The Bertz CT molecular complexity index is 519. The predicted molar refractivity (Wildman–Crippen MR) is 77.9 cm³/mol. The van der Waals surface area contributed by atoms with Crippen molar-refractivity contribution in [3.05, 3.63) is 32.7 Å². The van der Waals surface area contributed by atoms with Gasteiger partial charge in [-0.1, -0.05) is 15.9 Å². The van der Waals surface area contributed by atoms with Gasteiger partial charge in [0.15, 0.2) is 0 Å². The van der Waals surface area contributed by atoms with Crippen LogP contribution in [-0.4, -0.2) is 36.5 Å². The molecular formula is C13H13Br2NO3. The van der Waals surface area contributed by atoms with Gasteiger partial charge in [0.1, 0.15) is 6.04 Å². The lowest BCUT2D eigenvalue weighted by Crippen LogP contribution is -2.41. The maximum absolute atomic E-state index is 12.5. The number of rotatable bonds is 2. The Hall–Kier alpha value is -0.880. The summed E-state index contributed by atoms with van der Waals surface area (Å²) >= 11 is 6.72. The second kappa shape index (κ2) is 6.05. The summed E-state index contributed by atoms with van der Waals surface area (Å²) in [7, 11) is 1.35. The molecule has 0 aromatic heterocycles. The van der Waals surface area contributed by atoms with Crippen LogP contribution in [0.3, 0.4) is 0 Å². The van der Waals surface area contributed by atoms with E-state index in [0.29, 0.717) is 23.0 Å². The Morgan fingerprint density at radius 3 is 2.74 bits per heavy atom. The smallest absolute Gasteiger partial charge is 0.328 e. The summed E-state index contributed by atoms with van der Waals surface area (Å²) in [4.78, 5) is 25.7. The minimum absolute atomic E-state index is 0.146. The lowest BCUT2D eigenvalue weighted by molar-refractivity contribution is -0.145. The molecule has 1 saturated heterocycles. The monoisotopic (exact) mass is 389 g/mol. The van der Waals surface area contributed by atoms with Gasteiger partial charge in [0.2, 0.25) is 0 Å². The van der Waals surface area contributed by atoms with E-state index in [1.165, 1.54) is 7.11 Å². The first-order valence-corrected chi connectivity index (χ1v) is 7.47. The Balaban J connectivity index is 2.25. The summed E-state index contributed by atoms with van der Waals surface area (Å²) in [5.74, 6) is -0.494. The van der Waals surface area contributed by atoms with E-state index in [-0.39, 0.29) is 11.9 Å². The summed E-state index contributed by atoms with van der Waals surface area (Å²) in [5, 5.41) is 0. The Morgan fingerprint density at radius 2 is 2.11 bits per heavy atom. The Morgan fingerprint density at radius 1 is 1.37 bits per heavy atom. The molecule has 2 rings (SSSR count). The van der Waals surface area contributed by atoms with E-state index in [1.807, 2.05) is 6.07 Å². The molecule has 1 atom stereocenters. The molecule has 0 spiro atoms. The number of esters is 1. The van der Waals surface area contributed by atoms with E-state index >= 15 is 0 Å². The first kappa shape index (κ1) is 14.5. The van der Waals surface area contributed by atoms with Crippen LogP contribution in [0.5, 0.6) is 0 Å². The molecule has 1 aromatic rings.